The summed E-state index contributed by atoms with van der Waals surface area (Å²) in [7, 11) is 0. The molecule has 1 aliphatic carbocycles. The quantitative estimate of drug-likeness (QED) is 0.834. The first kappa shape index (κ1) is 14.4. The van der Waals surface area contributed by atoms with Crippen LogP contribution in [0.4, 0.5) is 0 Å². The maximum absolute atomic E-state index is 12.3. The summed E-state index contributed by atoms with van der Waals surface area (Å²) in [5.74, 6) is 0.273. The highest BCUT2D eigenvalue weighted by Crippen LogP contribution is 2.28. The molecule has 0 saturated heterocycles. The van der Waals surface area contributed by atoms with Crippen molar-refractivity contribution in [2.24, 2.45) is 0 Å². The van der Waals surface area contributed by atoms with Gasteiger partial charge in [-0.3, -0.25) is 4.79 Å². The Morgan fingerprint density at radius 3 is 2.68 bits per heavy atom. The van der Waals surface area contributed by atoms with Crippen molar-refractivity contribution in [1.29, 1.82) is 0 Å². The Bertz CT molecular complexity index is 442. The van der Waals surface area contributed by atoms with E-state index in [2.05, 4.69) is 5.32 Å². The van der Waals surface area contributed by atoms with Gasteiger partial charge in [0.05, 0.1) is 12.1 Å². The normalized spacial score (nSPS) is 18.0. The number of aliphatic hydroxyl groups is 1. The van der Waals surface area contributed by atoms with Gasteiger partial charge in [0.2, 0.25) is 0 Å². The van der Waals surface area contributed by atoms with Gasteiger partial charge in [0.1, 0.15) is 0 Å². The van der Waals surface area contributed by atoms with Crippen LogP contribution in [0.2, 0.25) is 0 Å². The fourth-order valence-electron chi connectivity index (χ4n) is 2.66. The summed E-state index contributed by atoms with van der Waals surface area (Å²) in [4.78, 5) is 12.3. The van der Waals surface area contributed by atoms with E-state index in [0.717, 1.165) is 31.2 Å². The number of amides is 1. The average molecular weight is 282 g/mol. The van der Waals surface area contributed by atoms with Crippen molar-refractivity contribution < 1.29 is 9.90 Å². The second-order valence-corrected chi connectivity index (χ2v) is 5.55. The number of carbonyl (C=O) groups excluding carboxylic acids is 1. The van der Waals surface area contributed by atoms with E-state index in [4.69, 9.17) is 11.6 Å². The SMILES string of the molecule is O=C(NC1(CO)CCCCC1)c1cccc(CCl)c1. The molecule has 3 nitrogen and oxygen atoms in total. The van der Waals surface area contributed by atoms with Crippen molar-refractivity contribution in [2.45, 2.75) is 43.5 Å². The first-order valence-corrected chi connectivity index (χ1v) is 7.31. The van der Waals surface area contributed by atoms with E-state index >= 15 is 0 Å². The standard InChI is InChI=1S/C15H20ClNO2/c16-10-12-5-4-6-13(9-12)14(19)17-15(11-18)7-2-1-3-8-15/h4-6,9,18H,1-3,7-8,10-11H2,(H,17,19). The van der Waals surface area contributed by atoms with Crippen molar-refractivity contribution in [1.82, 2.24) is 5.32 Å². The summed E-state index contributed by atoms with van der Waals surface area (Å²) >= 11 is 5.78. The molecule has 19 heavy (non-hydrogen) atoms. The van der Waals surface area contributed by atoms with Gasteiger partial charge in [0.25, 0.3) is 5.91 Å². The molecular weight excluding hydrogens is 262 g/mol. The molecule has 0 unspecified atom stereocenters. The highest BCUT2D eigenvalue weighted by Gasteiger charge is 2.33. The van der Waals surface area contributed by atoms with Crippen LogP contribution in [0.5, 0.6) is 0 Å². The van der Waals surface area contributed by atoms with Crippen LogP contribution < -0.4 is 5.32 Å². The van der Waals surface area contributed by atoms with Crippen molar-refractivity contribution in [3.8, 4) is 0 Å². The molecule has 0 atom stereocenters. The predicted octanol–water partition coefficient (Wildman–Crippen LogP) is 2.85. The molecule has 2 rings (SSSR count). The van der Waals surface area contributed by atoms with E-state index in [1.165, 1.54) is 6.42 Å². The molecule has 2 N–H and O–H groups in total. The molecule has 0 aromatic heterocycles. The maximum atomic E-state index is 12.3. The van der Waals surface area contributed by atoms with E-state index in [9.17, 15) is 9.90 Å². The van der Waals surface area contributed by atoms with E-state index < -0.39 is 5.54 Å². The van der Waals surface area contributed by atoms with Crippen molar-refractivity contribution >= 4 is 17.5 Å². The van der Waals surface area contributed by atoms with Crippen LogP contribution in [0, 0.1) is 0 Å². The zero-order valence-electron chi connectivity index (χ0n) is 11.0. The number of carbonyl (C=O) groups is 1. The van der Waals surface area contributed by atoms with Gasteiger partial charge in [0.15, 0.2) is 0 Å². The molecule has 1 aliphatic rings. The minimum atomic E-state index is -0.438. The minimum absolute atomic E-state index is 0.00787. The van der Waals surface area contributed by atoms with Crippen LogP contribution in [0.1, 0.15) is 48.0 Å². The second-order valence-electron chi connectivity index (χ2n) is 5.29. The predicted molar refractivity (Wildman–Crippen MR) is 76.4 cm³/mol. The first-order valence-electron chi connectivity index (χ1n) is 6.77. The monoisotopic (exact) mass is 281 g/mol. The number of aliphatic hydroxyl groups excluding tert-OH is 1. The minimum Gasteiger partial charge on any atom is -0.394 e. The van der Waals surface area contributed by atoms with Gasteiger partial charge in [0, 0.05) is 11.4 Å². The molecular formula is C15H20ClNO2. The number of rotatable bonds is 4. The zero-order chi connectivity index (χ0) is 13.7. The third-order valence-electron chi connectivity index (χ3n) is 3.84. The fourth-order valence-corrected chi connectivity index (χ4v) is 2.83. The lowest BCUT2D eigenvalue weighted by Crippen LogP contribution is -2.52. The van der Waals surface area contributed by atoms with E-state index in [1.807, 2.05) is 12.1 Å². The van der Waals surface area contributed by atoms with Gasteiger partial charge in [-0.25, -0.2) is 0 Å². The molecule has 1 fully saturated rings. The van der Waals surface area contributed by atoms with Crippen molar-refractivity contribution in [2.75, 3.05) is 6.61 Å². The first-order chi connectivity index (χ1) is 9.19. The summed E-state index contributed by atoms with van der Waals surface area (Å²) in [6.07, 6.45) is 5.00. The Labute approximate surface area is 119 Å². The number of benzene rings is 1. The summed E-state index contributed by atoms with van der Waals surface area (Å²) < 4.78 is 0. The Balaban J connectivity index is 2.10. The van der Waals surface area contributed by atoms with Gasteiger partial charge < -0.3 is 10.4 Å². The summed E-state index contributed by atoms with van der Waals surface area (Å²) in [6.45, 7) is 0.00787. The third kappa shape index (κ3) is 3.48. The van der Waals surface area contributed by atoms with Crippen LogP contribution in [0.25, 0.3) is 0 Å². The topological polar surface area (TPSA) is 49.3 Å². The molecule has 1 aromatic carbocycles. The molecule has 0 aliphatic heterocycles. The molecule has 1 saturated carbocycles. The van der Waals surface area contributed by atoms with Crippen LogP contribution in [0.15, 0.2) is 24.3 Å². The molecule has 0 bridgehead atoms. The Kier molecular flexibility index (Phi) is 4.83. The lowest BCUT2D eigenvalue weighted by Gasteiger charge is -2.36. The number of alkyl halides is 1. The van der Waals surface area contributed by atoms with Gasteiger partial charge in [-0.05, 0) is 30.5 Å². The summed E-state index contributed by atoms with van der Waals surface area (Å²) in [6, 6.07) is 7.31. The van der Waals surface area contributed by atoms with Crippen LogP contribution in [0.3, 0.4) is 0 Å². The summed E-state index contributed by atoms with van der Waals surface area (Å²) in [5, 5.41) is 12.6. The van der Waals surface area contributed by atoms with Crippen LogP contribution >= 0.6 is 11.6 Å². The Hall–Kier alpha value is -1.06. The number of hydrogen-bond acceptors (Lipinski definition) is 2. The molecule has 1 aromatic rings. The molecule has 0 spiro atoms. The Morgan fingerprint density at radius 1 is 1.32 bits per heavy atom. The summed E-state index contributed by atoms with van der Waals surface area (Å²) in [5.41, 5.74) is 1.10. The maximum Gasteiger partial charge on any atom is 0.251 e. The highest BCUT2D eigenvalue weighted by atomic mass is 35.5. The third-order valence-corrected chi connectivity index (χ3v) is 4.14. The second kappa shape index (κ2) is 6.40. The molecule has 0 radical (unpaired) electrons. The number of nitrogens with one attached hydrogen (secondary N) is 1. The lowest BCUT2D eigenvalue weighted by atomic mass is 9.82. The highest BCUT2D eigenvalue weighted by molar-refractivity contribution is 6.17. The van der Waals surface area contributed by atoms with Crippen molar-refractivity contribution in [3.63, 3.8) is 0 Å². The van der Waals surface area contributed by atoms with E-state index in [1.54, 1.807) is 12.1 Å². The van der Waals surface area contributed by atoms with Crippen molar-refractivity contribution in [3.05, 3.63) is 35.4 Å². The molecule has 4 heteroatoms. The zero-order valence-corrected chi connectivity index (χ0v) is 11.7. The van der Waals surface area contributed by atoms with Crippen LogP contribution in [-0.4, -0.2) is 23.2 Å². The number of halogens is 1. The van der Waals surface area contributed by atoms with Gasteiger partial charge in [-0.1, -0.05) is 31.4 Å². The van der Waals surface area contributed by atoms with Gasteiger partial charge in [-0.2, -0.15) is 0 Å². The lowest BCUT2D eigenvalue weighted by molar-refractivity contribution is 0.0758. The van der Waals surface area contributed by atoms with E-state index in [-0.39, 0.29) is 12.5 Å². The molecule has 1 amide bonds. The average Bonchev–Trinajstić information content (AvgIpc) is 2.48. The van der Waals surface area contributed by atoms with Gasteiger partial charge in [-0.15, -0.1) is 11.6 Å². The molecule has 0 heterocycles. The Morgan fingerprint density at radius 2 is 2.05 bits per heavy atom. The molecule has 104 valence electrons. The fraction of sp³-hybridized carbons (Fsp3) is 0.533. The smallest absolute Gasteiger partial charge is 0.251 e. The van der Waals surface area contributed by atoms with Gasteiger partial charge >= 0.3 is 0 Å². The van der Waals surface area contributed by atoms with Crippen LogP contribution in [-0.2, 0) is 5.88 Å². The number of hydrogen-bond donors (Lipinski definition) is 2. The van der Waals surface area contributed by atoms with E-state index in [0.29, 0.717) is 11.4 Å². The largest absolute Gasteiger partial charge is 0.394 e.